The summed E-state index contributed by atoms with van der Waals surface area (Å²) in [7, 11) is 0. The van der Waals surface area contributed by atoms with E-state index in [1.54, 1.807) is 0 Å². The average Bonchev–Trinajstić information content (AvgIpc) is 2.14. The minimum Gasteiger partial charge on any atom is -0.379 e. The molecule has 3 heteroatoms. The molecule has 0 spiro atoms. The van der Waals surface area contributed by atoms with Crippen molar-refractivity contribution < 1.29 is 9.47 Å². The standard InChI is InChI=1S/C12H27NO2/c1-11(2)5-7-14-9-10-15-8-6-13-12(3)4/h11-13H,5-10H2,1-4H3. The normalized spacial score (nSPS) is 11.6. The highest BCUT2D eigenvalue weighted by Crippen LogP contribution is 1.98. The van der Waals surface area contributed by atoms with Gasteiger partial charge >= 0.3 is 0 Å². The lowest BCUT2D eigenvalue weighted by atomic mass is 10.1. The molecule has 0 unspecified atom stereocenters. The highest BCUT2D eigenvalue weighted by Gasteiger charge is 1.94. The Kier molecular flexibility index (Phi) is 10.3. The Morgan fingerprint density at radius 1 is 0.867 bits per heavy atom. The van der Waals surface area contributed by atoms with Gasteiger partial charge in [0.1, 0.15) is 0 Å². The van der Waals surface area contributed by atoms with Crippen LogP contribution in [0.3, 0.4) is 0 Å². The molecule has 0 atom stereocenters. The summed E-state index contributed by atoms with van der Waals surface area (Å²) in [5.74, 6) is 0.723. The SMILES string of the molecule is CC(C)CCOCCOCCNC(C)C. The summed E-state index contributed by atoms with van der Waals surface area (Å²) in [4.78, 5) is 0. The van der Waals surface area contributed by atoms with Crippen molar-refractivity contribution in [3.05, 3.63) is 0 Å². The van der Waals surface area contributed by atoms with Gasteiger partial charge in [-0.2, -0.15) is 0 Å². The molecule has 0 radical (unpaired) electrons. The molecule has 0 saturated carbocycles. The van der Waals surface area contributed by atoms with Crippen molar-refractivity contribution in [1.82, 2.24) is 5.32 Å². The third kappa shape index (κ3) is 13.9. The number of nitrogens with one attached hydrogen (secondary N) is 1. The van der Waals surface area contributed by atoms with Gasteiger partial charge < -0.3 is 14.8 Å². The van der Waals surface area contributed by atoms with Gasteiger partial charge in [-0.05, 0) is 12.3 Å². The van der Waals surface area contributed by atoms with E-state index in [0.29, 0.717) is 19.3 Å². The van der Waals surface area contributed by atoms with E-state index in [1.807, 2.05) is 0 Å². The van der Waals surface area contributed by atoms with Crippen molar-refractivity contribution >= 4 is 0 Å². The molecule has 0 bridgehead atoms. The molecule has 0 heterocycles. The van der Waals surface area contributed by atoms with E-state index in [2.05, 4.69) is 33.0 Å². The molecule has 0 aliphatic carbocycles. The highest BCUT2D eigenvalue weighted by atomic mass is 16.5. The van der Waals surface area contributed by atoms with E-state index in [-0.39, 0.29) is 0 Å². The van der Waals surface area contributed by atoms with Gasteiger partial charge in [0, 0.05) is 19.2 Å². The van der Waals surface area contributed by atoms with E-state index in [9.17, 15) is 0 Å². The minimum absolute atomic E-state index is 0.538. The summed E-state index contributed by atoms with van der Waals surface area (Å²) in [6, 6.07) is 0.538. The van der Waals surface area contributed by atoms with Crippen molar-refractivity contribution in [2.24, 2.45) is 5.92 Å². The van der Waals surface area contributed by atoms with Gasteiger partial charge in [-0.25, -0.2) is 0 Å². The largest absolute Gasteiger partial charge is 0.379 e. The first-order valence-corrected chi connectivity index (χ1v) is 6.01. The zero-order valence-electron chi connectivity index (χ0n) is 10.7. The van der Waals surface area contributed by atoms with Crippen LogP contribution in [0.1, 0.15) is 34.1 Å². The van der Waals surface area contributed by atoms with Crippen LogP contribution in [0.5, 0.6) is 0 Å². The first-order valence-electron chi connectivity index (χ1n) is 6.01. The molecule has 1 N–H and O–H groups in total. The zero-order valence-corrected chi connectivity index (χ0v) is 10.7. The van der Waals surface area contributed by atoms with E-state index >= 15 is 0 Å². The molecule has 0 aromatic heterocycles. The molecule has 0 fully saturated rings. The molecule has 0 aliphatic heterocycles. The first-order chi connectivity index (χ1) is 7.13. The molecule has 0 saturated heterocycles. The Bertz CT molecular complexity index is 113. The maximum Gasteiger partial charge on any atom is 0.0701 e. The van der Waals surface area contributed by atoms with Crippen LogP contribution in [0.15, 0.2) is 0 Å². The van der Waals surface area contributed by atoms with Crippen molar-refractivity contribution in [2.45, 2.75) is 40.2 Å². The molecule has 0 aliphatic rings. The van der Waals surface area contributed by atoms with Crippen LogP contribution in [0.4, 0.5) is 0 Å². The predicted molar refractivity (Wildman–Crippen MR) is 64.2 cm³/mol. The summed E-state index contributed by atoms with van der Waals surface area (Å²) in [5, 5.41) is 3.30. The Morgan fingerprint density at radius 2 is 1.47 bits per heavy atom. The van der Waals surface area contributed by atoms with Crippen molar-refractivity contribution in [1.29, 1.82) is 0 Å². The van der Waals surface area contributed by atoms with Gasteiger partial charge in [0.05, 0.1) is 19.8 Å². The smallest absolute Gasteiger partial charge is 0.0701 e. The molecule has 0 rings (SSSR count). The predicted octanol–water partition coefficient (Wildman–Crippen LogP) is 2.06. The Balaban J connectivity index is 2.93. The topological polar surface area (TPSA) is 30.5 Å². The van der Waals surface area contributed by atoms with Crippen LogP contribution in [0, 0.1) is 5.92 Å². The second kappa shape index (κ2) is 10.4. The van der Waals surface area contributed by atoms with Crippen LogP contribution in [0.25, 0.3) is 0 Å². The lowest BCUT2D eigenvalue weighted by Gasteiger charge is -2.09. The van der Waals surface area contributed by atoms with Crippen LogP contribution >= 0.6 is 0 Å². The highest BCUT2D eigenvalue weighted by molar-refractivity contribution is 4.50. The van der Waals surface area contributed by atoms with Crippen LogP contribution < -0.4 is 5.32 Å². The summed E-state index contributed by atoms with van der Waals surface area (Å²) >= 11 is 0. The van der Waals surface area contributed by atoms with E-state index < -0.39 is 0 Å². The number of rotatable bonds is 10. The van der Waals surface area contributed by atoms with Gasteiger partial charge in [0.2, 0.25) is 0 Å². The average molecular weight is 217 g/mol. The van der Waals surface area contributed by atoms with Gasteiger partial charge in [-0.3, -0.25) is 0 Å². The third-order valence-electron chi connectivity index (χ3n) is 2.01. The van der Waals surface area contributed by atoms with Gasteiger partial charge in [0.25, 0.3) is 0 Å². The van der Waals surface area contributed by atoms with E-state index in [0.717, 1.165) is 32.1 Å². The minimum atomic E-state index is 0.538. The molecule has 0 amide bonds. The van der Waals surface area contributed by atoms with Gasteiger partial charge in [-0.1, -0.05) is 27.7 Å². The maximum absolute atomic E-state index is 5.43. The van der Waals surface area contributed by atoms with Crippen molar-refractivity contribution in [2.75, 3.05) is 33.0 Å². The monoisotopic (exact) mass is 217 g/mol. The zero-order chi connectivity index (χ0) is 11.5. The second-order valence-electron chi connectivity index (χ2n) is 4.52. The van der Waals surface area contributed by atoms with Gasteiger partial charge in [-0.15, -0.1) is 0 Å². The fraction of sp³-hybridized carbons (Fsp3) is 1.00. The second-order valence-corrected chi connectivity index (χ2v) is 4.52. The molecule has 0 aromatic rings. The van der Waals surface area contributed by atoms with Gasteiger partial charge in [0.15, 0.2) is 0 Å². The molecule has 92 valence electrons. The Hall–Kier alpha value is -0.120. The fourth-order valence-electron chi connectivity index (χ4n) is 1.06. The number of ether oxygens (including phenoxy) is 2. The number of hydrogen-bond acceptors (Lipinski definition) is 3. The summed E-state index contributed by atoms with van der Waals surface area (Å²) in [6.07, 6.45) is 1.13. The molecule has 3 nitrogen and oxygen atoms in total. The molecular weight excluding hydrogens is 190 g/mol. The van der Waals surface area contributed by atoms with Crippen LogP contribution in [0.2, 0.25) is 0 Å². The van der Waals surface area contributed by atoms with E-state index in [4.69, 9.17) is 9.47 Å². The molecular formula is C12H27NO2. The summed E-state index contributed by atoms with van der Waals surface area (Å²) in [5.41, 5.74) is 0. The first kappa shape index (κ1) is 14.9. The molecule has 15 heavy (non-hydrogen) atoms. The maximum atomic E-state index is 5.43. The quantitative estimate of drug-likeness (QED) is 0.568. The Labute approximate surface area is 94.5 Å². The summed E-state index contributed by atoms with van der Waals surface area (Å²) in [6.45, 7) is 12.6. The fourth-order valence-corrected chi connectivity index (χ4v) is 1.06. The molecule has 0 aromatic carbocycles. The van der Waals surface area contributed by atoms with Crippen LogP contribution in [-0.2, 0) is 9.47 Å². The van der Waals surface area contributed by atoms with Crippen molar-refractivity contribution in [3.8, 4) is 0 Å². The van der Waals surface area contributed by atoms with E-state index in [1.165, 1.54) is 0 Å². The lowest BCUT2D eigenvalue weighted by Crippen LogP contribution is -2.27. The Morgan fingerprint density at radius 3 is 2.00 bits per heavy atom. The summed E-state index contributed by atoms with van der Waals surface area (Å²) < 4.78 is 10.8. The lowest BCUT2D eigenvalue weighted by molar-refractivity contribution is 0.0447. The third-order valence-corrected chi connectivity index (χ3v) is 2.01. The number of hydrogen-bond donors (Lipinski definition) is 1. The van der Waals surface area contributed by atoms with Crippen LogP contribution in [-0.4, -0.2) is 39.0 Å². The van der Waals surface area contributed by atoms with Crippen molar-refractivity contribution in [3.63, 3.8) is 0 Å².